The van der Waals surface area contributed by atoms with Crippen LogP contribution in [0.1, 0.15) is 48.8 Å². The van der Waals surface area contributed by atoms with E-state index >= 15 is 0 Å². The monoisotopic (exact) mass is 303 g/mol. The highest BCUT2D eigenvalue weighted by molar-refractivity contribution is 6.30. The van der Waals surface area contributed by atoms with Gasteiger partial charge in [-0.05, 0) is 37.5 Å². The molecule has 1 aliphatic rings. The lowest BCUT2D eigenvalue weighted by Crippen LogP contribution is -2.21. The third-order valence-electron chi connectivity index (χ3n) is 3.74. The lowest BCUT2D eigenvalue weighted by molar-refractivity contribution is 0.565. The molecule has 1 saturated carbocycles. The van der Waals surface area contributed by atoms with Crippen LogP contribution < -0.4 is 10.9 Å². The summed E-state index contributed by atoms with van der Waals surface area (Å²) in [6.07, 6.45) is 2.25. The summed E-state index contributed by atoms with van der Waals surface area (Å²) >= 11 is 5.89. The van der Waals surface area contributed by atoms with Crippen LogP contribution in [0.2, 0.25) is 5.02 Å². The van der Waals surface area contributed by atoms with Crippen molar-refractivity contribution in [3.8, 4) is 0 Å². The number of nitrogens with one attached hydrogen (secondary N) is 2. The van der Waals surface area contributed by atoms with E-state index in [4.69, 9.17) is 11.6 Å². The molecule has 0 radical (unpaired) electrons. The van der Waals surface area contributed by atoms with Crippen molar-refractivity contribution in [3.05, 3.63) is 62.8 Å². The van der Waals surface area contributed by atoms with Gasteiger partial charge in [0, 0.05) is 29.6 Å². The van der Waals surface area contributed by atoms with E-state index in [1.165, 1.54) is 0 Å². The summed E-state index contributed by atoms with van der Waals surface area (Å²) in [6, 6.07) is 9.50. The predicted molar refractivity (Wildman–Crippen MR) is 83.5 cm³/mol. The molecule has 0 saturated heterocycles. The number of rotatable bonds is 5. The van der Waals surface area contributed by atoms with Crippen molar-refractivity contribution in [2.24, 2.45) is 0 Å². The first-order valence-corrected chi connectivity index (χ1v) is 7.58. The first-order valence-electron chi connectivity index (χ1n) is 7.21. The Morgan fingerprint density at radius 2 is 2.10 bits per heavy atom. The topological polar surface area (TPSA) is 57.8 Å². The average molecular weight is 304 g/mol. The molecule has 4 nitrogen and oxygen atoms in total. The third-order valence-corrected chi connectivity index (χ3v) is 3.99. The highest BCUT2D eigenvalue weighted by Gasteiger charge is 2.26. The Balaban J connectivity index is 1.66. The summed E-state index contributed by atoms with van der Waals surface area (Å²) in [5, 5.41) is 4.12. The second kappa shape index (κ2) is 6.00. The smallest absolute Gasteiger partial charge is 0.251 e. The molecule has 1 fully saturated rings. The maximum Gasteiger partial charge on any atom is 0.251 e. The number of hydrogen-bond acceptors (Lipinski definition) is 3. The normalized spacial score (nSPS) is 15.9. The van der Waals surface area contributed by atoms with Crippen LogP contribution in [0.5, 0.6) is 0 Å². The summed E-state index contributed by atoms with van der Waals surface area (Å²) < 4.78 is 0. The van der Waals surface area contributed by atoms with Gasteiger partial charge in [-0.15, -0.1) is 0 Å². The number of aromatic nitrogens is 2. The Morgan fingerprint density at radius 1 is 1.38 bits per heavy atom. The van der Waals surface area contributed by atoms with Crippen molar-refractivity contribution < 1.29 is 0 Å². The average Bonchev–Trinajstić information content (AvgIpc) is 3.29. The molecule has 3 rings (SSSR count). The molecular weight excluding hydrogens is 286 g/mol. The van der Waals surface area contributed by atoms with Crippen LogP contribution in [0.15, 0.2) is 35.1 Å². The van der Waals surface area contributed by atoms with Crippen LogP contribution in [0.3, 0.4) is 0 Å². The summed E-state index contributed by atoms with van der Waals surface area (Å²) in [4.78, 5) is 19.0. The van der Waals surface area contributed by atoms with E-state index in [0.717, 1.165) is 34.9 Å². The van der Waals surface area contributed by atoms with Crippen molar-refractivity contribution in [2.75, 3.05) is 0 Å². The minimum absolute atomic E-state index is 0.0668. The first kappa shape index (κ1) is 14.3. The number of nitrogens with zero attached hydrogens (tertiary/aromatic N) is 1. The van der Waals surface area contributed by atoms with Crippen LogP contribution in [0.25, 0.3) is 0 Å². The van der Waals surface area contributed by atoms with Crippen LogP contribution >= 0.6 is 11.6 Å². The van der Waals surface area contributed by atoms with E-state index < -0.39 is 0 Å². The highest BCUT2D eigenvalue weighted by Crippen LogP contribution is 2.37. The van der Waals surface area contributed by atoms with E-state index in [0.29, 0.717) is 12.5 Å². The maximum absolute atomic E-state index is 11.7. The summed E-state index contributed by atoms with van der Waals surface area (Å²) in [7, 11) is 0. The molecule has 0 aliphatic heterocycles. The third kappa shape index (κ3) is 3.71. The standard InChI is InChI=1S/C16H18ClN3O/c1-10(11-4-6-13(17)7-5-11)18-9-14-8-15(21)20-16(19-14)12-2-3-12/h4-8,10,12,18H,2-3,9H2,1H3,(H,19,20,21)/t10-/m1/s1. The number of halogens is 1. The maximum atomic E-state index is 11.7. The van der Waals surface area contributed by atoms with Crippen molar-refractivity contribution in [1.29, 1.82) is 0 Å². The largest absolute Gasteiger partial charge is 0.310 e. The van der Waals surface area contributed by atoms with Gasteiger partial charge in [-0.2, -0.15) is 0 Å². The number of hydrogen-bond donors (Lipinski definition) is 2. The predicted octanol–water partition coefficient (Wildman–Crippen LogP) is 3.15. The number of H-pyrrole nitrogens is 1. The molecule has 110 valence electrons. The molecule has 1 aromatic heterocycles. The zero-order chi connectivity index (χ0) is 14.8. The van der Waals surface area contributed by atoms with Gasteiger partial charge >= 0.3 is 0 Å². The quantitative estimate of drug-likeness (QED) is 0.892. The van der Waals surface area contributed by atoms with Gasteiger partial charge < -0.3 is 10.3 Å². The number of aromatic amines is 1. The van der Waals surface area contributed by atoms with Crippen LogP contribution in [0, 0.1) is 0 Å². The van der Waals surface area contributed by atoms with Gasteiger partial charge in [-0.25, -0.2) is 4.98 Å². The Kier molecular flexibility index (Phi) is 4.08. The fraction of sp³-hybridized carbons (Fsp3) is 0.375. The van der Waals surface area contributed by atoms with Gasteiger partial charge in [-0.3, -0.25) is 4.79 Å². The van der Waals surface area contributed by atoms with E-state index in [1.54, 1.807) is 6.07 Å². The zero-order valence-electron chi connectivity index (χ0n) is 11.9. The summed E-state index contributed by atoms with van der Waals surface area (Å²) in [5.74, 6) is 1.28. The minimum Gasteiger partial charge on any atom is -0.310 e. The van der Waals surface area contributed by atoms with Gasteiger partial charge in [0.05, 0.1) is 5.69 Å². The lowest BCUT2D eigenvalue weighted by atomic mass is 10.1. The zero-order valence-corrected chi connectivity index (χ0v) is 12.7. The van der Waals surface area contributed by atoms with Crippen LogP contribution in [0.4, 0.5) is 0 Å². The second-order valence-corrected chi connectivity index (χ2v) is 5.99. The van der Waals surface area contributed by atoms with E-state index in [9.17, 15) is 4.79 Å². The van der Waals surface area contributed by atoms with Gasteiger partial charge in [0.1, 0.15) is 5.82 Å². The molecule has 1 atom stereocenters. The first-order chi connectivity index (χ1) is 10.1. The van der Waals surface area contributed by atoms with Crippen molar-refractivity contribution >= 4 is 11.6 Å². The van der Waals surface area contributed by atoms with Gasteiger partial charge in [0.25, 0.3) is 5.56 Å². The summed E-state index contributed by atoms with van der Waals surface area (Å²) in [6.45, 7) is 2.66. The van der Waals surface area contributed by atoms with E-state index in [-0.39, 0.29) is 11.6 Å². The molecule has 2 aromatic rings. The van der Waals surface area contributed by atoms with Gasteiger partial charge in [0.15, 0.2) is 0 Å². The Morgan fingerprint density at radius 3 is 2.76 bits per heavy atom. The van der Waals surface area contributed by atoms with Gasteiger partial charge in [-0.1, -0.05) is 23.7 Å². The minimum atomic E-state index is -0.0668. The molecule has 0 amide bonds. The molecule has 1 aromatic carbocycles. The van der Waals surface area contributed by atoms with Crippen LogP contribution in [-0.4, -0.2) is 9.97 Å². The number of benzene rings is 1. The van der Waals surface area contributed by atoms with Crippen LogP contribution in [-0.2, 0) is 6.54 Å². The fourth-order valence-electron chi connectivity index (χ4n) is 2.30. The van der Waals surface area contributed by atoms with Crippen molar-refractivity contribution in [3.63, 3.8) is 0 Å². The lowest BCUT2D eigenvalue weighted by Gasteiger charge is -2.14. The molecule has 0 spiro atoms. The Labute approximate surface area is 128 Å². The summed E-state index contributed by atoms with van der Waals surface area (Å²) in [5.41, 5.74) is 1.89. The van der Waals surface area contributed by atoms with Crippen molar-refractivity contribution in [1.82, 2.24) is 15.3 Å². The van der Waals surface area contributed by atoms with Crippen molar-refractivity contribution in [2.45, 2.75) is 38.3 Å². The van der Waals surface area contributed by atoms with E-state index in [1.807, 2.05) is 24.3 Å². The molecular formula is C16H18ClN3O. The fourth-order valence-corrected chi connectivity index (χ4v) is 2.42. The Hall–Kier alpha value is -1.65. The molecule has 21 heavy (non-hydrogen) atoms. The highest BCUT2D eigenvalue weighted by atomic mass is 35.5. The molecule has 2 N–H and O–H groups in total. The van der Waals surface area contributed by atoms with E-state index in [2.05, 4.69) is 22.2 Å². The molecule has 5 heteroatoms. The molecule has 1 aliphatic carbocycles. The molecule has 0 unspecified atom stereocenters. The molecule has 1 heterocycles. The molecule has 0 bridgehead atoms. The SMILES string of the molecule is C[C@@H](NCc1cc(=O)[nH]c(C2CC2)n1)c1ccc(Cl)cc1. The Bertz CT molecular complexity index is 677. The van der Waals surface area contributed by atoms with Gasteiger partial charge in [0.2, 0.25) is 0 Å². The second-order valence-electron chi connectivity index (χ2n) is 5.55.